The molecule has 1 atom stereocenters. The molecule has 90 valence electrons. The van der Waals surface area contributed by atoms with Crippen molar-refractivity contribution in [2.75, 3.05) is 0 Å². The summed E-state index contributed by atoms with van der Waals surface area (Å²) in [6.07, 6.45) is 0. The average Bonchev–Trinajstić information content (AvgIpc) is 2.66. The molecule has 0 fully saturated rings. The molecule has 1 unspecified atom stereocenters. The van der Waals surface area contributed by atoms with Crippen LogP contribution in [0.4, 0.5) is 0 Å². The highest BCUT2D eigenvalue weighted by Crippen LogP contribution is 2.20. The molecule has 0 aliphatic rings. The van der Waals surface area contributed by atoms with Crippen LogP contribution >= 0.6 is 11.3 Å². The molecule has 0 saturated carbocycles. The quantitative estimate of drug-likeness (QED) is 0.836. The number of aliphatic carboxylic acids is 1. The van der Waals surface area contributed by atoms with Gasteiger partial charge in [-0.15, -0.1) is 11.3 Å². The fourth-order valence-corrected chi connectivity index (χ4v) is 2.66. The highest BCUT2D eigenvalue weighted by Gasteiger charge is 2.28. The van der Waals surface area contributed by atoms with Crippen LogP contribution in [0.15, 0.2) is 17.5 Å². The summed E-state index contributed by atoms with van der Waals surface area (Å²) in [6, 6.07) is 2.07. The van der Waals surface area contributed by atoms with Gasteiger partial charge in [0.25, 0.3) is 0 Å². The molecule has 1 rings (SSSR count). The normalized spacial score (nSPS) is 13.9. The third kappa shape index (κ3) is 3.03. The molecule has 16 heavy (non-hydrogen) atoms. The Hall–Kier alpha value is -0.920. The fourth-order valence-electron chi connectivity index (χ4n) is 0.986. The highest BCUT2D eigenvalue weighted by atomic mass is 32.2. The topological polar surface area (TPSA) is 83.5 Å². The van der Waals surface area contributed by atoms with Crippen LogP contribution in [0.1, 0.15) is 24.8 Å². The maximum absolute atomic E-state index is 11.6. The first-order valence-corrected chi connectivity index (χ1v) is 7.04. The maximum atomic E-state index is 11.6. The molecule has 1 heterocycles. The smallest absolute Gasteiger partial charge is 0.327 e. The summed E-state index contributed by atoms with van der Waals surface area (Å²) in [7, 11) is -3.59. The Morgan fingerprint density at radius 2 is 2.12 bits per heavy atom. The van der Waals surface area contributed by atoms with Crippen molar-refractivity contribution in [1.82, 2.24) is 4.72 Å². The summed E-state index contributed by atoms with van der Waals surface area (Å²) in [5.41, 5.74) is 0. The van der Waals surface area contributed by atoms with Crippen LogP contribution in [0.5, 0.6) is 0 Å². The molecular formula is C9H13NO4S2. The number of nitrogens with one attached hydrogen (secondary N) is 1. The molecule has 0 spiro atoms. The van der Waals surface area contributed by atoms with Crippen LogP contribution < -0.4 is 4.72 Å². The van der Waals surface area contributed by atoms with E-state index in [0.29, 0.717) is 4.88 Å². The van der Waals surface area contributed by atoms with Crippen LogP contribution in [0.3, 0.4) is 0 Å². The molecular weight excluding hydrogens is 250 g/mol. The van der Waals surface area contributed by atoms with Crippen molar-refractivity contribution in [3.63, 3.8) is 0 Å². The van der Waals surface area contributed by atoms with E-state index < -0.39 is 27.3 Å². The highest BCUT2D eigenvalue weighted by molar-refractivity contribution is 7.90. The lowest BCUT2D eigenvalue weighted by Crippen LogP contribution is -2.37. The van der Waals surface area contributed by atoms with Crippen molar-refractivity contribution in [3.8, 4) is 0 Å². The predicted molar refractivity (Wildman–Crippen MR) is 61.9 cm³/mol. The van der Waals surface area contributed by atoms with E-state index in [1.54, 1.807) is 17.5 Å². The first-order valence-electron chi connectivity index (χ1n) is 4.62. The summed E-state index contributed by atoms with van der Waals surface area (Å²) < 4.78 is 25.3. The first kappa shape index (κ1) is 13.1. The van der Waals surface area contributed by atoms with E-state index in [1.807, 2.05) is 0 Å². The number of carboxylic acid groups (broad SMARTS) is 1. The third-order valence-electron chi connectivity index (χ3n) is 1.98. The van der Waals surface area contributed by atoms with E-state index in [2.05, 4.69) is 4.72 Å². The minimum absolute atomic E-state index is 0.469. The van der Waals surface area contributed by atoms with Gasteiger partial charge >= 0.3 is 5.97 Å². The Morgan fingerprint density at radius 3 is 2.50 bits per heavy atom. The molecule has 0 aromatic carbocycles. The van der Waals surface area contributed by atoms with E-state index in [4.69, 9.17) is 5.11 Å². The van der Waals surface area contributed by atoms with Gasteiger partial charge in [-0.3, -0.25) is 4.79 Å². The molecule has 0 amide bonds. The van der Waals surface area contributed by atoms with Crippen molar-refractivity contribution in [2.24, 2.45) is 0 Å². The molecule has 7 heteroatoms. The van der Waals surface area contributed by atoms with E-state index in [-0.39, 0.29) is 0 Å². The van der Waals surface area contributed by atoms with Crippen molar-refractivity contribution in [1.29, 1.82) is 0 Å². The van der Waals surface area contributed by atoms with Crippen LogP contribution in [-0.2, 0) is 14.8 Å². The zero-order chi connectivity index (χ0) is 12.3. The van der Waals surface area contributed by atoms with Crippen molar-refractivity contribution in [2.45, 2.75) is 25.1 Å². The second-order valence-electron chi connectivity index (χ2n) is 3.50. The second-order valence-corrected chi connectivity index (χ2v) is 6.75. The summed E-state index contributed by atoms with van der Waals surface area (Å²) in [5, 5.41) is 10.0. The summed E-state index contributed by atoms with van der Waals surface area (Å²) in [6.45, 7) is 2.99. The summed E-state index contributed by atoms with van der Waals surface area (Å²) in [5.74, 6) is -1.20. The Kier molecular flexibility index (Phi) is 4.06. The Balaban J connectivity index is 2.95. The van der Waals surface area contributed by atoms with E-state index in [9.17, 15) is 13.2 Å². The molecule has 1 aromatic heterocycles. The number of sulfonamides is 1. The fraction of sp³-hybridized carbons (Fsp3) is 0.444. The SMILES string of the molecule is CC(C)S(=O)(=O)NC(C(=O)O)c1cccs1. The number of hydrogen-bond donors (Lipinski definition) is 2. The number of thiophene rings is 1. The average molecular weight is 263 g/mol. The van der Waals surface area contributed by atoms with Gasteiger partial charge in [0.05, 0.1) is 5.25 Å². The van der Waals surface area contributed by atoms with Gasteiger partial charge in [0, 0.05) is 4.88 Å². The van der Waals surface area contributed by atoms with Crippen LogP contribution in [0.25, 0.3) is 0 Å². The van der Waals surface area contributed by atoms with Crippen molar-refractivity contribution < 1.29 is 18.3 Å². The molecule has 2 N–H and O–H groups in total. The number of carboxylic acids is 1. The Morgan fingerprint density at radius 1 is 1.50 bits per heavy atom. The zero-order valence-corrected chi connectivity index (χ0v) is 10.5. The third-order valence-corrected chi connectivity index (χ3v) is 4.72. The minimum Gasteiger partial charge on any atom is -0.480 e. The minimum atomic E-state index is -3.59. The van der Waals surface area contributed by atoms with Gasteiger partial charge in [0.2, 0.25) is 10.0 Å². The Labute approximate surface area is 98.2 Å². The van der Waals surface area contributed by atoms with Gasteiger partial charge in [-0.1, -0.05) is 6.07 Å². The number of carbonyl (C=O) groups is 1. The van der Waals surface area contributed by atoms with Gasteiger partial charge in [-0.2, -0.15) is 4.72 Å². The van der Waals surface area contributed by atoms with Gasteiger partial charge in [0.1, 0.15) is 0 Å². The Bertz CT molecular complexity index is 450. The molecule has 0 aliphatic carbocycles. The van der Waals surface area contributed by atoms with E-state index in [0.717, 1.165) is 0 Å². The molecule has 1 aromatic rings. The monoisotopic (exact) mass is 263 g/mol. The van der Waals surface area contributed by atoms with Gasteiger partial charge in [-0.05, 0) is 25.3 Å². The molecule has 5 nitrogen and oxygen atoms in total. The van der Waals surface area contributed by atoms with E-state index in [1.165, 1.54) is 25.2 Å². The molecule has 0 bridgehead atoms. The van der Waals surface area contributed by atoms with Crippen LogP contribution in [0.2, 0.25) is 0 Å². The van der Waals surface area contributed by atoms with E-state index >= 15 is 0 Å². The standard InChI is InChI=1S/C9H13NO4S2/c1-6(2)16(13,14)10-8(9(11)12)7-4-3-5-15-7/h3-6,8,10H,1-2H3,(H,11,12). The largest absolute Gasteiger partial charge is 0.480 e. The van der Waals surface area contributed by atoms with Crippen LogP contribution in [0, 0.1) is 0 Å². The lowest BCUT2D eigenvalue weighted by atomic mass is 10.3. The molecule has 0 radical (unpaired) electrons. The molecule has 0 saturated heterocycles. The first-order chi connectivity index (χ1) is 7.34. The second kappa shape index (κ2) is 4.94. The summed E-state index contributed by atoms with van der Waals surface area (Å²) >= 11 is 1.20. The van der Waals surface area contributed by atoms with Gasteiger partial charge < -0.3 is 5.11 Å². The maximum Gasteiger partial charge on any atom is 0.327 e. The summed E-state index contributed by atoms with van der Waals surface area (Å²) in [4.78, 5) is 11.4. The van der Waals surface area contributed by atoms with Crippen molar-refractivity contribution in [3.05, 3.63) is 22.4 Å². The molecule has 0 aliphatic heterocycles. The van der Waals surface area contributed by atoms with Gasteiger partial charge in [-0.25, -0.2) is 8.42 Å². The lowest BCUT2D eigenvalue weighted by Gasteiger charge is -2.15. The van der Waals surface area contributed by atoms with Crippen LogP contribution in [-0.4, -0.2) is 24.7 Å². The number of hydrogen-bond acceptors (Lipinski definition) is 4. The van der Waals surface area contributed by atoms with Crippen molar-refractivity contribution >= 4 is 27.3 Å². The van der Waals surface area contributed by atoms with Gasteiger partial charge in [0.15, 0.2) is 6.04 Å². The zero-order valence-electron chi connectivity index (χ0n) is 8.88. The lowest BCUT2D eigenvalue weighted by molar-refractivity contribution is -0.139. The number of rotatable bonds is 5. The predicted octanol–water partition coefficient (Wildman–Crippen LogP) is 1.20.